The van der Waals surface area contributed by atoms with Crippen LogP contribution in [-0.2, 0) is 10.2 Å². The van der Waals surface area contributed by atoms with Crippen molar-refractivity contribution < 1.29 is 19.0 Å². The maximum Gasteiger partial charge on any atom is 0.314 e. The van der Waals surface area contributed by atoms with Crippen LogP contribution < -0.4 is 4.74 Å². The third-order valence-electron chi connectivity index (χ3n) is 3.85. The van der Waals surface area contributed by atoms with E-state index in [1.165, 1.54) is 13.2 Å². The summed E-state index contributed by atoms with van der Waals surface area (Å²) >= 11 is 0. The molecule has 0 spiro atoms. The summed E-state index contributed by atoms with van der Waals surface area (Å²) in [7, 11) is 1.45. The van der Waals surface area contributed by atoms with Crippen LogP contribution in [0.3, 0.4) is 0 Å². The van der Waals surface area contributed by atoms with E-state index in [-0.39, 0.29) is 5.56 Å². The predicted molar refractivity (Wildman–Crippen MR) is 65.5 cm³/mol. The summed E-state index contributed by atoms with van der Waals surface area (Å²) in [6.45, 7) is 1.80. The third kappa shape index (κ3) is 1.76. The number of carbonyl (C=O) groups is 1. The van der Waals surface area contributed by atoms with Crippen LogP contribution >= 0.6 is 0 Å². The zero-order valence-corrected chi connectivity index (χ0v) is 10.6. The molecule has 0 saturated heterocycles. The second-order valence-electron chi connectivity index (χ2n) is 4.87. The van der Waals surface area contributed by atoms with E-state index >= 15 is 0 Å². The zero-order valence-electron chi connectivity index (χ0n) is 10.6. The minimum Gasteiger partial charge on any atom is -0.496 e. The minimum atomic E-state index is -1.12. The quantitative estimate of drug-likeness (QED) is 0.899. The lowest BCUT2D eigenvalue weighted by molar-refractivity contribution is -0.143. The van der Waals surface area contributed by atoms with Crippen molar-refractivity contribution in [2.24, 2.45) is 0 Å². The molecule has 0 bridgehead atoms. The van der Waals surface area contributed by atoms with Gasteiger partial charge in [0.25, 0.3) is 0 Å². The summed E-state index contributed by atoms with van der Waals surface area (Å²) in [5.74, 6) is -1.07. The molecule has 3 nitrogen and oxygen atoms in total. The van der Waals surface area contributed by atoms with Gasteiger partial charge in [-0.3, -0.25) is 4.79 Å². The van der Waals surface area contributed by atoms with Crippen molar-refractivity contribution in [2.45, 2.75) is 38.0 Å². The van der Waals surface area contributed by atoms with Gasteiger partial charge in [0.15, 0.2) is 0 Å². The lowest BCUT2D eigenvalue weighted by Gasteiger charge is -2.27. The zero-order chi connectivity index (χ0) is 13.3. The standard InChI is InChI=1S/C14H17FO3/c1-9-5-6-10(15)11(12(9)18-2)14(13(16)17)7-3-4-8-14/h5-6H,3-4,7-8H2,1-2H3,(H,16,17). The Kier molecular flexibility index (Phi) is 3.28. The number of methoxy groups -OCH3 is 1. The van der Waals surface area contributed by atoms with Gasteiger partial charge in [0, 0.05) is 5.56 Å². The van der Waals surface area contributed by atoms with E-state index in [0.29, 0.717) is 18.6 Å². The molecule has 1 aromatic rings. The van der Waals surface area contributed by atoms with E-state index in [9.17, 15) is 14.3 Å². The molecule has 1 saturated carbocycles. The molecule has 0 atom stereocenters. The van der Waals surface area contributed by atoms with Crippen molar-refractivity contribution >= 4 is 5.97 Å². The normalized spacial score (nSPS) is 17.7. The van der Waals surface area contributed by atoms with E-state index in [0.717, 1.165) is 18.4 Å². The van der Waals surface area contributed by atoms with Gasteiger partial charge >= 0.3 is 5.97 Å². The molecule has 0 aromatic heterocycles. The lowest BCUT2D eigenvalue weighted by Crippen LogP contribution is -2.34. The molecule has 0 amide bonds. The molecule has 18 heavy (non-hydrogen) atoms. The number of halogens is 1. The van der Waals surface area contributed by atoms with Crippen LogP contribution in [0.15, 0.2) is 12.1 Å². The molecular formula is C14H17FO3. The van der Waals surface area contributed by atoms with Crippen LogP contribution in [0.1, 0.15) is 36.8 Å². The first kappa shape index (κ1) is 12.9. The maximum atomic E-state index is 14.1. The van der Waals surface area contributed by atoms with Crippen molar-refractivity contribution in [3.63, 3.8) is 0 Å². The molecular weight excluding hydrogens is 235 g/mol. The first-order valence-corrected chi connectivity index (χ1v) is 6.10. The van der Waals surface area contributed by atoms with E-state index in [2.05, 4.69) is 0 Å². The van der Waals surface area contributed by atoms with E-state index in [1.807, 2.05) is 0 Å². The SMILES string of the molecule is COc1c(C)ccc(F)c1C1(C(=O)O)CCCC1. The molecule has 0 unspecified atom stereocenters. The molecule has 0 heterocycles. The van der Waals surface area contributed by atoms with E-state index in [1.54, 1.807) is 13.0 Å². The average Bonchev–Trinajstić information content (AvgIpc) is 2.82. The highest BCUT2D eigenvalue weighted by Gasteiger charge is 2.46. The van der Waals surface area contributed by atoms with Gasteiger partial charge in [-0.25, -0.2) is 4.39 Å². The molecule has 1 fully saturated rings. The fourth-order valence-corrected chi connectivity index (χ4v) is 2.92. The van der Waals surface area contributed by atoms with Gasteiger partial charge in [-0.15, -0.1) is 0 Å². The second kappa shape index (κ2) is 4.59. The largest absolute Gasteiger partial charge is 0.496 e. The fourth-order valence-electron chi connectivity index (χ4n) is 2.92. The monoisotopic (exact) mass is 252 g/mol. The van der Waals surface area contributed by atoms with Crippen molar-refractivity contribution in [3.8, 4) is 5.75 Å². The number of hydrogen-bond acceptors (Lipinski definition) is 2. The Bertz CT molecular complexity index is 476. The molecule has 2 rings (SSSR count). The molecule has 1 aliphatic carbocycles. The van der Waals surface area contributed by atoms with Gasteiger partial charge in [0.05, 0.1) is 12.5 Å². The number of rotatable bonds is 3. The molecule has 1 aliphatic rings. The van der Waals surface area contributed by atoms with Crippen molar-refractivity contribution in [2.75, 3.05) is 7.11 Å². The van der Waals surface area contributed by atoms with Crippen LogP contribution in [0.4, 0.5) is 4.39 Å². The number of aryl methyl sites for hydroxylation is 1. The van der Waals surface area contributed by atoms with Gasteiger partial charge in [-0.05, 0) is 31.4 Å². The number of ether oxygens (including phenoxy) is 1. The number of hydrogen-bond donors (Lipinski definition) is 1. The lowest BCUT2D eigenvalue weighted by atomic mass is 9.77. The number of aliphatic carboxylic acids is 1. The Morgan fingerprint density at radius 2 is 2.00 bits per heavy atom. The smallest absolute Gasteiger partial charge is 0.314 e. The van der Waals surface area contributed by atoms with Crippen LogP contribution in [0.25, 0.3) is 0 Å². The van der Waals surface area contributed by atoms with Crippen molar-refractivity contribution in [1.29, 1.82) is 0 Å². The fraction of sp³-hybridized carbons (Fsp3) is 0.500. The Morgan fingerprint density at radius 1 is 1.39 bits per heavy atom. The summed E-state index contributed by atoms with van der Waals surface area (Å²) in [4.78, 5) is 11.6. The number of carboxylic acids is 1. The van der Waals surface area contributed by atoms with Crippen molar-refractivity contribution in [3.05, 3.63) is 29.1 Å². The van der Waals surface area contributed by atoms with Gasteiger partial charge in [-0.2, -0.15) is 0 Å². The Hall–Kier alpha value is -1.58. The molecule has 4 heteroatoms. The number of carboxylic acid groups (broad SMARTS) is 1. The molecule has 1 N–H and O–H groups in total. The van der Waals surface area contributed by atoms with Crippen LogP contribution in [-0.4, -0.2) is 18.2 Å². The molecule has 0 aliphatic heterocycles. The Morgan fingerprint density at radius 3 is 2.50 bits per heavy atom. The van der Waals surface area contributed by atoms with Crippen molar-refractivity contribution in [1.82, 2.24) is 0 Å². The first-order valence-electron chi connectivity index (χ1n) is 6.10. The summed E-state index contributed by atoms with van der Waals surface area (Å²) in [6, 6.07) is 2.94. The van der Waals surface area contributed by atoms with Crippen LogP contribution in [0, 0.1) is 12.7 Å². The highest BCUT2D eigenvalue weighted by Crippen LogP contribution is 2.47. The Labute approximate surface area is 106 Å². The maximum absolute atomic E-state index is 14.1. The molecule has 1 aromatic carbocycles. The summed E-state index contributed by atoms with van der Waals surface area (Å²) in [5.41, 5.74) is -0.141. The summed E-state index contributed by atoms with van der Waals surface area (Å²) in [5, 5.41) is 9.53. The number of benzene rings is 1. The Balaban J connectivity index is 2.68. The van der Waals surface area contributed by atoms with Crippen LogP contribution in [0.5, 0.6) is 5.75 Å². The highest BCUT2D eigenvalue weighted by atomic mass is 19.1. The second-order valence-corrected chi connectivity index (χ2v) is 4.87. The topological polar surface area (TPSA) is 46.5 Å². The highest BCUT2D eigenvalue weighted by molar-refractivity contribution is 5.83. The third-order valence-corrected chi connectivity index (χ3v) is 3.85. The van der Waals surface area contributed by atoms with Gasteiger partial charge in [-0.1, -0.05) is 18.9 Å². The van der Waals surface area contributed by atoms with Gasteiger partial charge in [0.2, 0.25) is 0 Å². The first-order chi connectivity index (χ1) is 8.53. The van der Waals surface area contributed by atoms with Gasteiger partial charge in [0.1, 0.15) is 11.6 Å². The predicted octanol–water partition coefficient (Wildman–Crippen LogP) is 3.04. The van der Waals surface area contributed by atoms with Gasteiger partial charge < -0.3 is 9.84 Å². The summed E-state index contributed by atoms with van der Waals surface area (Å²) < 4.78 is 19.4. The minimum absolute atomic E-state index is 0.218. The van der Waals surface area contributed by atoms with E-state index < -0.39 is 17.2 Å². The van der Waals surface area contributed by atoms with Crippen LogP contribution in [0.2, 0.25) is 0 Å². The molecule has 0 radical (unpaired) electrons. The van der Waals surface area contributed by atoms with E-state index in [4.69, 9.17) is 4.74 Å². The average molecular weight is 252 g/mol. The molecule has 98 valence electrons. The summed E-state index contributed by atoms with van der Waals surface area (Å²) in [6.07, 6.45) is 2.56.